The van der Waals surface area contributed by atoms with Crippen molar-refractivity contribution in [3.05, 3.63) is 11.9 Å². The Morgan fingerprint density at radius 2 is 2.31 bits per heavy atom. The SMILES string of the molecule is Cc1c(N)ncnc1NC(C)CO. The number of nitrogen functional groups attached to an aromatic ring is 1. The van der Waals surface area contributed by atoms with Crippen molar-refractivity contribution in [2.45, 2.75) is 19.9 Å². The normalized spacial score (nSPS) is 12.5. The molecule has 0 aliphatic heterocycles. The van der Waals surface area contributed by atoms with Crippen LogP contribution in [0.2, 0.25) is 0 Å². The number of aliphatic hydroxyl groups is 1. The summed E-state index contributed by atoms with van der Waals surface area (Å²) in [5.41, 5.74) is 6.39. The van der Waals surface area contributed by atoms with Crippen molar-refractivity contribution in [2.75, 3.05) is 17.7 Å². The number of nitrogens with zero attached hydrogens (tertiary/aromatic N) is 2. The lowest BCUT2D eigenvalue weighted by molar-refractivity contribution is 0.281. The molecule has 0 aliphatic carbocycles. The first-order valence-electron chi connectivity index (χ1n) is 4.09. The third-order valence-corrected chi connectivity index (χ3v) is 1.78. The number of rotatable bonds is 3. The lowest BCUT2D eigenvalue weighted by Gasteiger charge is -2.13. The van der Waals surface area contributed by atoms with E-state index in [1.807, 2.05) is 13.8 Å². The Morgan fingerprint density at radius 3 is 2.92 bits per heavy atom. The van der Waals surface area contributed by atoms with Crippen LogP contribution in [0.4, 0.5) is 11.6 Å². The molecule has 1 unspecified atom stereocenters. The molecule has 0 bridgehead atoms. The van der Waals surface area contributed by atoms with E-state index in [-0.39, 0.29) is 12.6 Å². The van der Waals surface area contributed by atoms with E-state index in [1.54, 1.807) is 0 Å². The highest BCUT2D eigenvalue weighted by molar-refractivity contribution is 5.54. The van der Waals surface area contributed by atoms with Gasteiger partial charge in [-0.1, -0.05) is 0 Å². The summed E-state index contributed by atoms with van der Waals surface area (Å²) in [6.45, 7) is 3.75. The van der Waals surface area contributed by atoms with Crippen LogP contribution in [0.3, 0.4) is 0 Å². The average Bonchev–Trinajstić information content (AvgIpc) is 2.13. The van der Waals surface area contributed by atoms with Crippen LogP contribution in [-0.4, -0.2) is 27.7 Å². The second-order valence-corrected chi connectivity index (χ2v) is 2.96. The minimum absolute atomic E-state index is 0.0343. The lowest BCUT2D eigenvalue weighted by atomic mass is 10.3. The molecule has 0 fully saturated rings. The van der Waals surface area contributed by atoms with Crippen LogP contribution >= 0.6 is 0 Å². The molecular weight excluding hydrogens is 168 g/mol. The molecule has 0 radical (unpaired) electrons. The number of hydrogen-bond acceptors (Lipinski definition) is 5. The van der Waals surface area contributed by atoms with Gasteiger partial charge in [0.15, 0.2) is 0 Å². The predicted molar refractivity (Wildman–Crippen MR) is 51.4 cm³/mol. The summed E-state index contributed by atoms with van der Waals surface area (Å²) in [4.78, 5) is 7.85. The fourth-order valence-electron chi connectivity index (χ4n) is 0.888. The third kappa shape index (κ3) is 2.29. The summed E-state index contributed by atoms with van der Waals surface area (Å²) in [5, 5.41) is 11.8. The predicted octanol–water partition coefficient (Wildman–Crippen LogP) is 0.160. The van der Waals surface area contributed by atoms with Gasteiger partial charge in [0.2, 0.25) is 0 Å². The van der Waals surface area contributed by atoms with E-state index in [4.69, 9.17) is 10.8 Å². The smallest absolute Gasteiger partial charge is 0.134 e. The molecule has 0 aromatic carbocycles. The molecule has 13 heavy (non-hydrogen) atoms. The van der Waals surface area contributed by atoms with Crippen molar-refractivity contribution in [3.8, 4) is 0 Å². The van der Waals surface area contributed by atoms with E-state index in [0.29, 0.717) is 11.6 Å². The van der Waals surface area contributed by atoms with Crippen molar-refractivity contribution in [2.24, 2.45) is 0 Å². The minimum Gasteiger partial charge on any atom is -0.394 e. The first-order valence-corrected chi connectivity index (χ1v) is 4.09. The van der Waals surface area contributed by atoms with E-state index in [0.717, 1.165) is 5.56 Å². The van der Waals surface area contributed by atoms with Crippen LogP contribution in [0, 0.1) is 6.92 Å². The van der Waals surface area contributed by atoms with Crippen LogP contribution in [-0.2, 0) is 0 Å². The quantitative estimate of drug-likeness (QED) is 0.620. The van der Waals surface area contributed by atoms with Gasteiger partial charge in [-0.2, -0.15) is 0 Å². The lowest BCUT2D eigenvalue weighted by Crippen LogP contribution is -2.21. The molecule has 0 saturated heterocycles. The van der Waals surface area contributed by atoms with Gasteiger partial charge < -0.3 is 16.2 Å². The number of nitrogens with one attached hydrogen (secondary N) is 1. The second-order valence-electron chi connectivity index (χ2n) is 2.96. The highest BCUT2D eigenvalue weighted by Gasteiger charge is 2.06. The molecule has 1 atom stereocenters. The first-order chi connectivity index (χ1) is 6.15. The van der Waals surface area contributed by atoms with E-state index in [1.165, 1.54) is 6.33 Å². The molecule has 5 nitrogen and oxygen atoms in total. The molecule has 0 spiro atoms. The van der Waals surface area contributed by atoms with Crippen LogP contribution in [0.1, 0.15) is 12.5 Å². The van der Waals surface area contributed by atoms with Crippen LogP contribution in [0.25, 0.3) is 0 Å². The maximum Gasteiger partial charge on any atom is 0.134 e. The Hall–Kier alpha value is -1.36. The maximum absolute atomic E-state index is 8.82. The molecule has 1 aromatic heterocycles. The summed E-state index contributed by atoms with van der Waals surface area (Å²) in [5.74, 6) is 1.14. The molecule has 1 aromatic rings. The Morgan fingerprint density at radius 1 is 1.62 bits per heavy atom. The number of anilines is 2. The van der Waals surface area contributed by atoms with Crippen LogP contribution in [0.5, 0.6) is 0 Å². The van der Waals surface area contributed by atoms with Crippen molar-refractivity contribution >= 4 is 11.6 Å². The van der Waals surface area contributed by atoms with Gasteiger partial charge in [-0.05, 0) is 13.8 Å². The molecule has 5 heteroatoms. The van der Waals surface area contributed by atoms with Crippen molar-refractivity contribution in [1.82, 2.24) is 9.97 Å². The monoisotopic (exact) mass is 182 g/mol. The zero-order valence-electron chi connectivity index (χ0n) is 7.78. The summed E-state index contributed by atoms with van der Waals surface area (Å²) < 4.78 is 0. The van der Waals surface area contributed by atoms with Crippen molar-refractivity contribution in [1.29, 1.82) is 0 Å². The molecule has 72 valence electrons. The minimum atomic E-state index is -0.0343. The van der Waals surface area contributed by atoms with Crippen LogP contribution < -0.4 is 11.1 Å². The standard InChI is InChI=1S/C8H14N4O/c1-5(3-13)12-8-6(2)7(9)10-4-11-8/h4-5,13H,3H2,1-2H3,(H3,9,10,11,12). The van der Waals surface area contributed by atoms with Gasteiger partial charge in [-0.3, -0.25) is 0 Å². The molecular formula is C8H14N4O. The molecule has 1 heterocycles. The van der Waals surface area contributed by atoms with Gasteiger partial charge >= 0.3 is 0 Å². The van der Waals surface area contributed by atoms with Crippen LogP contribution in [0.15, 0.2) is 6.33 Å². The summed E-state index contributed by atoms with van der Waals surface area (Å²) in [6.07, 6.45) is 1.40. The van der Waals surface area contributed by atoms with E-state index in [9.17, 15) is 0 Å². The highest BCUT2D eigenvalue weighted by Crippen LogP contribution is 2.15. The Bertz CT molecular complexity index is 289. The van der Waals surface area contributed by atoms with Gasteiger partial charge in [0.05, 0.1) is 6.61 Å². The summed E-state index contributed by atoms with van der Waals surface area (Å²) >= 11 is 0. The maximum atomic E-state index is 8.82. The Labute approximate surface area is 77.0 Å². The van der Waals surface area contributed by atoms with Gasteiger partial charge in [-0.15, -0.1) is 0 Å². The molecule has 4 N–H and O–H groups in total. The van der Waals surface area contributed by atoms with E-state index < -0.39 is 0 Å². The van der Waals surface area contributed by atoms with Crippen molar-refractivity contribution < 1.29 is 5.11 Å². The molecule has 0 amide bonds. The fraction of sp³-hybridized carbons (Fsp3) is 0.500. The number of aliphatic hydroxyl groups excluding tert-OH is 1. The fourth-order valence-corrected chi connectivity index (χ4v) is 0.888. The van der Waals surface area contributed by atoms with Gasteiger partial charge in [0, 0.05) is 11.6 Å². The topological polar surface area (TPSA) is 84.1 Å². The number of aromatic nitrogens is 2. The number of nitrogens with two attached hydrogens (primary N) is 1. The Kier molecular flexibility index (Phi) is 3.02. The van der Waals surface area contributed by atoms with E-state index >= 15 is 0 Å². The average molecular weight is 182 g/mol. The molecule has 1 rings (SSSR count). The zero-order chi connectivity index (χ0) is 9.84. The Balaban J connectivity index is 2.83. The van der Waals surface area contributed by atoms with Gasteiger partial charge in [0.1, 0.15) is 18.0 Å². The van der Waals surface area contributed by atoms with Crippen molar-refractivity contribution in [3.63, 3.8) is 0 Å². The summed E-state index contributed by atoms with van der Waals surface area (Å²) in [7, 11) is 0. The summed E-state index contributed by atoms with van der Waals surface area (Å²) in [6, 6.07) is -0.0343. The zero-order valence-corrected chi connectivity index (χ0v) is 7.78. The molecule has 0 saturated carbocycles. The largest absolute Gasteiger partial charge is 0.394 e. The molecule has 0 aliphatic rings. The van der Waals surface area contributed by atoms with E-state index in [2.05, 4.69) is 15.3 Å². The first kappa shape index (κ1) is 9.73. The van der Waals surface area contributed by atoms with Gasteiger partial charge in [-0.25, -0.2) is 9.97 Å². The van der Waals surface area contributed by atoms with Gasteiger partial charge in [0.25, 0.3) is 0 Å². The second kappa shape index (κ2) is 4.04. The third-order valence-electron chi connectivity index (χ3n) is 1.78. The number of hydrogen-bond donors (Lipinski definition) is 3. The highest BCUT2D eigenvalue weighted by atomic mass is 16.3.